The molecular weight excluding hydrogens is 299 g/mol. The summed E-state index contributed by atoms with van der Waals surface area (Å²) in [4.78, 5) is 0. The highest BCUT2D eigenvalue weighted by Gasteiger charge is 2.38. The maximum Gasteiger partial charge on any atom is 0.422 e. The van der Waals surface area contributed by atoms with Crippen LogP contribution in [0.25, 0.3) is 0 Å². The average Bonchev–Trinajstić information content (AvgIpc) is 2.43. The molecule has 122 valence electrons. The van der Waals surface area contributed by atoms with Gasteiger partial charge in [0.15, 0.2) is 0 Å². The van der Waals surface area contributed by atoms with Gasteiger partial charge in [-0.2, -0.15) is 13.2 Å². The molecule has 1 aliphatic rings. The van der Waals surface area contributed by atoms with Gasteiger partial charge in [-0.1, -0.05) is 19.1 Å². The van der Waals surface area contributed by atoms with Crippen molar-refractivity contribution in [3.8, 4) is 0 Å². The molecule has 0 radical (unpaired) electrons. The third kappa shape index (κ3) is 3.87. The van der Waals surface area contributed by atoms with Crippen LogP contribution in [0.2, 0.25) is 0 Å². The molecule has 2 rings (SSSR count). The van der Waals surface area contributed by atoms with Gasteiger partial charge in [-0.05, 0) is 61.6 Å². The molecule has 5 heteroatoms. The second-order valence-corrected chi connectivity index (χ2v) is 5.81. The summed E-state index contributed by atoms with van der Waals surface area (Å²) >= 11 is 0. The van der Waals surface area contributed by atoms with Gasteiger partial charge in [0.2, 0.25) is 0 Å². The molecule has 1 aromatic rings. The second-order valence-electron chi connectivity index (χ2n) is 5.81. The Bertz CT molecular complexity index is 513. The Hall–Kier alpha value is -1.39. The van der Waals surface area contributed by atoms with E-state index in [1.165, 1.54) is 0 Å². The van der Waals surface area contributed by atoms with Gasteiger partial charge in [-0.25, -0.2) is 8.78 Å². The quantitative estimate of drug-likeness (QED) is 0.458. The molecule has 0 N–H and O–H groups in total. The molecule has 0 unspecified atom stereocenters. The third-order valence-corrected chi connectivity index (χ3v) is 4.24. The Morgan fingerprint density at radius 3 is 2.05 bits per heavy atom. The molecule has 1 aliphatic carbocycles. The molecular formula is C17H19F5. The zero-order valence-corrected chi connectivity index (χ0v) is 12.4. The van der Waals surface area contributed by atoms with Gasteiger partial charge in [0, 0.05) is 0 Å². The van der Waals surface area contributed by atoms with Crippen LogP contribution in [0.4, 0.5) is 22.0 Å². The number of allylic oxidation sites excluding steroid dienone is 2. The topological polar surface area (TPSA) is 0 Å². The molecule has 1 aromatic carbocycles. The maximum absolute atomic E-state index is 13.6. The van der Waals surface area contributed by atoms with Crippen molar-refractivity contribution in [1.29, 1.82) is 0 Å². The van der Waals surface area contributed by atoms with Gasteiger partial charge >= 0.3 is 6.18 Å². The van der Waals surface area contributed by atoms with E-state index in [-0.39, 0.29) is 5.92 Å². The van der Waals surface area contributed by atoms with Crippen LogP contribution < -0.4 is 0 Å². The standard InChI is InChI=1S/C17H19F5/c1-2-3-4-11-5-7-12(8-6-11)13-9-14(18)16(15(19)10-13)17(20,21)22/h3-4,9-12H,2,5-8H2,1H3/b4-3+/t11-,12-. The van der Waals surface area contributed by atoms with Crippen molar-refractivity contribution in [2.75, 3.05) is 0 Å². The van der Waals surface area contributed by atoms with E-state index in [2.05, 4.69) is 19.1 Å². The molecule has 22 heavy (non-hydrogen) atoms. The maximum atomic E-state index is 13.6. The van der Waals surface area contributed by atoms with Gasteiger partial charge in [-0.3, -0.25) is 0 Å². The number of hydrogen-bond donors (Lipinski definition) is 0. The molecule has 0 amide bonds. The number of rotatable bonds is 3. The van der Waals surface area contributed by atoms with Gasteiger partial charge in [0.05, 0.1) is 0 Å². The summed E-state index contributed by atoms with van der Waals surface area (Å²) in [5.41, 5.74) is -1.46. The molecule has 0 nitrogen and oxygen atoms in total. The molecule has 0 heterocycles. The first kappa shape index (κ1) is 17.0. The fourth-order valence-electron chi connectivity index (χ4n) is 3.07. The van der Waals surface area contributed by atoms with E-state index in [0.717, 1.165) is 44.2 Å². The van der Waals surface area contributed by atoms with Crippen molar-refractivity contribution in [2.45, 2.75) is 51.1 Å². The number of halogens is 5. The van der Waals surface area contributed by atoms with E-state index in [4.69, 9.17) is 0 Å². The minimum absolute atomic E-state index is 0.0717. The lowest BCUT2D eigenvalue weighted by atomic mass is 9.78. The van der Waals surface area contributed by atoms with E-state index < -0.39 is 23.4 Å². The molecule has 1 saturated carbocycles. The molecule has 0 saturated heterocycles. The Labute approximate surface area is 127 Å². The smallest absolute Gasteiger partial charge is 0.206 e. The van der Waals surface area contributed by atoms with E-state index in [1.54, 1.807) is 0 Å². The molecule has 0 atom stereocenters. The summed E-state index contributed by atoms with van der Waals surface area (Å²) in [6.45, 7) is 2.05. The minimum Gasteiger partial charge on any atom is -0.206 e. The first-order valence-electron chi connectivity index (χ1n) is 7.55. The first-order valence-corrected chi connectivity index (χ1v) is 7.55. The van der Waals surface area contributed by atoms with Crippen molar-refractivity contribution in [3.63, 3.8) is 0 Å². The van der Waals surface area contributed by atoms with Gasteiger partial charge < -0.3 is 0 Å². The molecule has 0 aromatic heterocycles. The molecule has 1 fully saturated rings. The third-order valence-electron chi connectivity index (χ3n) is 4.24. The normalized spacial score (nSPS) is 23.2. The van der Waals surface area contributed by atoms with Crippen molar-refractivity contribution in [1.82, 2.24) is 0 Å². The lowest BCUT2D eigenvalue weighted by Gasteiger charge is -2.27. The Morgan fingerprint density at radius 1 is 1.05 bits per heavy atom. The van der Waals surface area contributed by atoms with Crippen LogP contribution in [0.1, 0.15) is 56.1 Å². The van der Waals surface area contributed by atoms with Gasteiger partial charge in [0.1, 0.15) is 17.2 Å². The van der Waals surface area contributed by atoms with Crippen LogP contribution in [0.5, 0.6) is 0 Å². The highest BCUT2D eigenvalue weighted by atomic mass is 19.4. The molecule has 0 aliphatic heterocycles. The second kappa shape index (κ2) is 6.80. The molecule has 0 spiro atoms. The zero-order chi connectivity index (χ0) is 16.3. The Kier molecular flexibility index (Phi) is 5.24. The predicted molar refractivity (Wildman–Crippen MR) is 75.5 cm³/mol. The highest BCUT2D eigenvalue weighted by molar-refractivity contribution is 5.30. The Morgan fingerprint density at radius 2 is 1.59 bits per heavy atom. The lowest BCUT2D eigenvalue weighted by molar-refractivity contribution is -0.142. The van der Waals surface area contributed by atoms with Crippen molar-refractivity contribution in [3.05, 3.63) is 47.0 Å². The largest absolute Gasteiger partial charge is 0.422 e. The van der Waals surface area contributed by atoms with Crippen LogP contribution in [0.15, 0.2) is 24.3 Å². The minimum atomic E-state index is -5.00. The van der Waals surface area contributed by atoms with Crippen molar-refractivity contribution in [2.24, 2.45) is 5.92 Å². The van der Waals surface area contributed by atoms with E-state index in [1.807, 2.05) is 0 Å². The fraction of sp³-hybridized carbons (Fsp3) is 0.529. The average molecular weight is 318 g/mol. The van der Waals surface area contributed by atoms with E-state index in [0.29, 0.717) is 11.5 Å². The highest BCUT2D eigenvalue weighted by Crippen LogP contribution is 2.39. The summed E-state index contributed by atoms with van der Waals surface area (Å²) in [6.07, 6.45) is 3.49. The van der Waals surface area contributed by atoms with E-state index in [9.17, 15) is 22.0 Å². The summed E-state index contributed by atoms with van der Waals surface area (Å²) in [7, 11) is 0. The van der Waals surface area contributed by atoms with Crippen LogP contribution in [-0.2, 0) is 6.18 Å². The van der Waals surface area contributed by atoms with E-state index >= 15 is 0 Å². The molecule has 0 bridgehead atoms. The summed E-state index contributed by atoms with van der Waals surface area (Å²) < 4.78 is 65.0. The van der Waals surface area contributed by atoms with Crippen LogP contribution in [0.3, 0.4) is 0 Å². The number of alkyl halides is 3. The van der Waals surface area contributed by atoms with Crippen molar-refractivity contribution >= 4 is 0 Å². The monoisotopic (exact) mass is 318 g/mol. The van der Waals surface area contributed by atoms with Crippen LogP contribution in [-0.4, -0.2) is 0 Å². The van der Waals surface area contributed by atoms with Crippen molar-refractivity contribution < 1.29 is 22.0 Å². The van der Waals surface area contributed by atoms with Crippen LogP contribution >= 0.6 is 0 Å². The van der Waals surface area contributed by atoms with Crippen LogP contribution in [0, 0.1) is 17.6 Å². The van der Waals surface area contributed by atoms with Gasteiger partial charge in [0.25, 0.3) is 0 Å². The first-order chi connectivity index (χ1) is 10.3. The zero-order valence-electron chi connectivity index (χ0n) is 12.4. The summed E-state index contributed by atoms with van der Waals surface area (Å²) in [5.74, 6) is -2.65. The summed E-state index contributed by atoms with van der Waals surface area (Å²) in [5, 5.41) is 0. The number of hydrogen-bond acceptors (Lipinski definition) is 0. The fourth-order valence-corrected chi connectivity index (χ4v) is 3.07. The SMILES string of the molecule is CC/C=C/[C@H]1CC[C@H](c2cc(F)c(C(F)(F)F)c(F)c2)CC1. The Balaban J connectivity index is 2.13. The predicted octanol–water partition coefficient (Wildman–Crippen LogP) is 6.22. The lowest BCUT2D eigenvalue weighted by Crippen LogP contribution is -2.15. The summed E-state index contributed by atoms with van der Waals surface area (Å²) in [6, 6.07) is 1.69. The van der Waals surface area contributed by atoms with Gasteiger partial charge in [-0.15, -0.1) is 0 Å². The number of benzene rings is 1.